The monoisotopic (exact) mass is 414 g/mol. The van der Waals surface area contributed by atoms with Gasteiger partial charge in [0, 0.05) is 18.3 Å². The van der Waals surface area contributed by atoms with Crippen LogP contribution in [0.5, 0.6) is 17.2 Å². The van der Waals surface area contributed by atoms with Gasteiger partial charge in [-0.05, 0) is 57.8 Å². The summed E-state index contributed by atoms with van der Waals surface area (Å²) in [6.07, 6.45) is 0. The highest BCUT2D eigenvalue weighted by Gasteiger charge is 2.15. The molecule has 0 bridgehead atoms. The van der Waals surface area contributed by atoms with Crippen LogP contribution in [0.2, 0.25) is 0 Å². The summed E-state index contributed by atoms with van der Waals surface area (Å²) in [6, 6.07) is 14.0. The van der Waals surface area contributed by atoms with Crippen molar-refractivity contribution < 1.29 is 14.2 Å². The Labute approximate surface area is 180 Å². The standard InChI is InChI=1S/C23H34N4O3/c1-7-24-23(26-18-12-13-21(30-8-2)22(15-18)29-6)25-16-20(27(3)4)17-10-9-11-19(14-17)28-5/h9-15,20H,7-8,16H2,1-6H3,(H2,24,25,26). The van der Waals surface area contributed by atoms with Crippen LogP contribution in [0.25, 0.3) is 0 Å². The molecule has 2 aromatic rings. The summed E-state index contributed by atoms with van der Waals surface area (Å²) in [6.45, 7) is 5.92. The van der Waals surface area contributed by atoms with Gasteiger partial charge in [-0.1, -0.05) is 12.1 Å². The molecule has 30 heavy (non-hydrogen) atoms. The summed E-state index contributed by atoms with van der Waals surface area (Å²) in [5, 5.41) is 6.65. The first-order valence-corrected chi connectivity index (χ1v) is 10.2. The fourth-order valence-electron chi connectivity index (χ4n) is 3.06. The molecular weight excluding hydrogens is 380 g/mol. The lowest BCUT2D eigenvalue weighted by Crippen LogP contribution is -2.32. The Balaban J connectivity index is 2.21. The maximum Gasteiger partial charge on any atom is 0.195 e. The second kappa shape index (κ2) is 11.9. The van der Waals surface area contributed by atoms with E-state index in [4.69, 9.17) is 19.2 Å². The summed E-state index contributed by atoms with van der Waals surface area (Å²) in [4.78, 5) is 6.97. The zero-order chi connectivity index (χ0) is 21.9. The molecule has 0 amide bonds. The van der Waals surface area contributed by atoms with Crippen LogP contribution < -0.4 is 24.8 Å². The van der Waals surface area contributed by atoms with Crippen LogP contribution in [0.4, 0.5) is 5.69 Å². The molecule has 0 aromatic heterocycles. The first kappa shape index (κ1) is 23.3. The van der Waals surface area contributed by atoms with Crippen molar-refractivity contribution in [2.75, 3.05) is 53.3 Å². The number of nitrogens with zero attached hydrogens (tertiary/aromatic N) is 2. The molecule has 2 rings (SSSR count). The van der Waals surface area contributed by atoms with Crippen molar-refractivity contribution in [3.8, 4) is 17.2 Å². The molecule has 7 heteroatoms. The number of hydrogen-bond donors (Lipinski definition) is 2. The highest BCUT2D eigenvalue weighted by Crippen LogP contribution is 2.30. The Bertz CT molecular complexity index is 824. The minimum atomic E-state index is 0.116. The van der Waals surface area contributed by atoms with Crippen LogP contribution in [-0.2, 0) is 0 Å². The molecule has 1 unspecified atom stereocenters. The molecule has 0 aliphatic rings. The Kier molecular flexibility index (Phi) is 9.28. The van der Waals surface area contributed by atoms with Crippen LogP contribution in [0.3, 0.4) is 0 Å². The molecule has 1 atom stereocenters. The second-order valence-electron chi connectivity index (χ2n) is 6.90. The average molecular weight is 415 g/mol. The molecule has 0 saturated heterocycles. The van der Waals surface area contributed by atoms with E-state index in [-0.39, 0.29) is 6.04 Å². The molecule has 2 aromatic carbocycles. The Morgan fingerprint density at radius 1 is 1.03 bits per heavy atom. The van der Waals surface area contributed by atoms with Gasteiger partial charge < -0.3 is 29.7 Å². The van der Waals surface area contributed by atoms with Crippen molar-refractivity contribution >= 4 is 11.6 Å². The molecule has 7 nitrogen and oxygen atoms in total. The lowest BCUT2D eigenvalue weighted by molar-refractivity contribution is 0.305. The molecular formula is C23H34N4O3. The van der Waals surface area contributed by atoms with Crippen LogP contribution in [-0.4, -0.2) is 58.9 Å². The predicted molar refractivity (Wildman–Crippen MR) is 123 cm³/mol. The molecule has 0 spiro atoms. The van der Waals surface area contributed by atoms with E-state index in [1.165, 1.54) is 0 Å². The lowest BCUT2D eigenvalue weighted by Gasteiger charge is -2.24. The topological polar surface area (TPSA) is 67.4 Å². The number of anilines is 1. The van der Waals surface area contributed by atoms with Gasteiger partial charge in [0.25, 0.3) is 0 Å². The van der Waals surface area contributed by atoms with E-state index in [0.29, 0.717) is 24.9 Å². The number of guanidine groups is 1. The lowest BCUT2D eigenvalue weighted by atomic mass is 10.1. The highest BCUT2D eigenvalue weighted by molar-refractivity contribution is 5.94. The summed E-state index contributed by atoms with van der Waals surface area (Å²) >= 11 is 0. The molecule has 0 aliphatic heterocycles. The van der Waals surface area contributed by atoms with Crippen molar-refractivity contribution in [1.82, 2.24) is 10.2 Å². The van der Waals surface area contributed by atoms with Gasteiger partial charge in [-0.2, -0.15) is 0 Å². The van der Waals surface area contributed by atoms with Gasteiger partial charge in [0.2, 0.25) is 0 Å². The van der Waals surface area contributed by atoms with Crippen molar-refractivity contribution in [3.63, 3.8) is 0 Å². The maximum atomic E-state index is 5.59. The fraction of sp³-hybridized carbons (Fsp3) is 0.435. The minimum absolute atomic E-state index is 0.116. The van der Waals surface area contributed by atoms with Crippen LogP contribution in [0.15, 0.2) is 47.5 Å². The SMILES string of the molecule is CCNC(=NCC(c1cccc(OC)c1)N(C)C)Nc1ccc(OCC)c(OC)c1. The molecule has 164 valence electrons. The van der Waals surface area contributed by atoms with Gasteiger partial charge >= 0.3 is 0 Å². The molecule has 2 N–H and O–H groups in total. The number of ether oxygens (including phenoxy) is 3. The van der Waals surface area contributed by atoms with E-state index in [0.717, 1.165) is 29.3 Å². The van der Waals surface area contributed by atoms with Gasteiger partial charge in [-0.25, -0.2) is 0 Å². The van der Waals surface area contributed by atoms with E-state index in [1.54, 1.807) is 14.2 Å². The number of likely N-dealkylation sites (N-methyl/N-ethyl adjacent to an activating group) is 1. The van der Waals surface area contributed by atoms with Gasteiger partial charge in [0.05, 0.1) is 33.4 Å². The number of methoxy groups -OCH3 is 2. The third kappa shape index (κ3) is 6.56. The molecule has 0 radical (unpaired) electrons. The van der Waals surface area contributed by atoms with E-state index < -0.39 is 0 Å². The minimum Gasteiger partial charge on any atom is -0.497 e. The predicted octanol–water partition coefficient (Wildman–Crippen LogP) is 3.78. The average Bonchev–Trinajstić information content (AvgIpc) is 2.75. The van der Waals surface area contributed by atoms with Gasteiger partial charge in [-0.3, -0.25) is 4.99 Å². The maximum absolute atomic E-state index is 5.59. The Morgan fingerprint density at radius 3 is 2.47 bits per heavy atom. The van der Waals surface area contributed by atoms with Crippen molar-refractivity contribution in [3.05, 3.63) is 48.0 Å². The number of rotatable bonds is 10. The Hall–Kier alpha value is -2.93. The number of nitrogens with one attached hydrogen (secondary N) is 2. The summed E-state index contributed by atoms with van der Waals surface area (Å²) < 4.78 is 16.4. The normalized spacial score (nSPS) is 12.4. The quantitative estimate of drug-likeness (QED) is 0.456. The highest BCUT2D eigenvalue weighted by atomic mass is 16.5. The van der Waals surface area contributed by atoms with Crippen LogP contribution in [0.1, 0.15) is 25.5 Å². The molecule has 0 fully saturated rings. The van der Waals surface area contributed by atoms with E-state index in [1.807, 2.05) is 44.2 Å². The summed E-state index contributed by atoms with van der Waals surface area (Å²) in [5.41, 5.74) is 2.03. The molecule has 0 aliphatic carbocycles. The summed E-state index contributed by atoms with van der Waals surface area (Å²) in [5.74, 6) is 2.95. The second-order valence-corrected chi connectivity index (χ2v) is 6.90. The zero-order valence-corrected chi connectivity index (χ0v) is 18.9. The largest absolute Gasteiger partial charge is 0.497 e. The van der Waals surface area contributed by atoms with Crippen LogP contribution in [0, 0.1) is 0 Å². The van der Waals surface area contributed by atoms with Crippen molar-refractivity contribution in [2.24, 2.45) is 4.99 Å². The third-order valence-corrected chi connectivity index (χ3v) is 4.59. The first-order valence-electron chi connectivity index (χ1n) is 10.2. The fourth-order valence-corrected chi connectivity index (χ4v) is 3.06. The summed E-state index contributed by atoms with van der Waals surface area (Å²) in [7, 11) is 7.42. The van der Waals surface area contributed by atoms with Gasteiger partial charge in [0.15, 0.2) is 17.5 Å². The van der Waals surface area contributed by atoms with E-state index in [2.05, 4.69) is 41.8 Å². The van der Waals surface area contributed by atoms with Crippen molar-refractivity contribution in [1.29, 1.82) is 0 Å². The number of hydrogen-bond acceptors (Lipinski definition) is 5. The smallest absolute Gasteiger partial charge is 0.195 e. The van der Waals surface area contributed by atoms with Gasteiger partial charge in [-0.15, -0.1) is 0 Å². The zero-order valence-electron chi connectivity index (χ0n) is 18.9. The molecule has 0 saturated carbocycles. The Morgan fingerprint density at radius 2 is 1.83 bits per heavy atom. The van der Waals surface area contributed by atoms with Crippen LogP contribution >= 0.6 is 0 Å². The van der Waals surface area contributed by atoms with Gasteiger partial charge in [0.1, 0.15) is 5.75 Å². The first-order chi connectivity index (χ1) is 14.5. The number of aliphatic imine (C=N–C) groups is 1. The number of benzene rings is 2. The van der Waals surface area contributed by atoms with E-state index >= 15 is 0 Å². The third-order valence-electron chi connectivity index (χ3n) is 4.59. The molecule has 0 heterocycles. The van der Waals surface area contributed by atoms with Crippen molar-refractivity contribution in [2.45, 2.75) is 19.9 Å². The van der Waals surface area contributed by atoms with E-state index in [9.17, 15) is 0 Å².